The van der Waals surface area contributed by atoms with Crippen LogP contribution in [-0.4, -0.2) is 13.7 Å². The Morgan fingerprint density at radius 1 is 1.44 bits per heavy atom. The Morgan fingerprint density at radius 3 is 2.56 bits per heavy atom. The lowest BCUT2D eigenvalue weighted by Gasteiger charge is -2.20. The monoisotopic (exact) mass is 241 g/mol. The van der Waals surface area contributed by atoms with Gasteiger partial charge in [0.2, 0.25) is 0 Å². The molecule has 0 heterocycles. The van der Waals surface area contributed by atoms with Gasteiger partial charge in [0.25, 0.3) is 0 Å². The first kappa shape index (κ1) is 13.3. The maximum atomic E-state index is 6.27. The number of nitrogens with two attached hydrogens (primary N) is 1. The van der Waals surface area contributed by atoms with Crippen LogP contribution in [0.25, 0.3) is 0 Å². The van der Waals surface area contributed by atoms with E-state index in [0.717, 1.165) is 28.3 Å². The van der Waals surface area contributed by atoms with E-state index >= 15 is 0 Å². The third kappa shape index (κ3) is 2.50. The van der Waals surface area contributed by atoms with E-state index in [2.05, 4.69) is 6.92 Å². The molecule has 0 bridgehead atoms. The lowest BCUT2D eigenvalue weighted by Crippen LogP contribution is -2.08. The quantitative estimate of drug-likeness (QED) is 0.877. The van der Waals surface area contributed by atoms with Crippen molar-refractivity contribution < 1.29 is 4.74 Å². The van der Waals surface area contributed by atoms with Crippen LogP contribution in [0.1, 0.15) is 36.0 Å². The zero-order valence-corrected chi connectivity index (χ0v) is 11.2. The first-order chi connectivity index (χ1) is 7.52. The van der Waals surface area contributed by atoms with Crippen molar-refractivity contribution in [1.29, 1.82) is 0 Å². The molecule has 1 atom stereocenters. The number of hydrogen-bond donors (Lipinski definition) is 1. The normalized spacial score (nSPS) is 12.6. The van der Waals surface area contributed by atoms with E-state index in [9.17, 15) is 0 Å². The van der Waals surface area contributed by atoms with E-state index in [1.807, 2.05) is 19.9 Å². The highest BCUT2D eigenvalue weighted by Crippen LogP contribution is 2.37. The summed E-state index contributed by atoms with van der Waals surface area (Å²) in [6, 6.07) is 2.00. The van der Waals surface area contributed by atoms with E-state index in [1.165, 1.54) is 5.56 Å². The average Bonchev–Trinajstić information content (AvgIpc) is 2.25. The van der Waals surface area contributed by atoms with Crippen LogP contribution in [-0.2, 0) is 0 Å². The summed E-state index contributed by atoms with van der Waals surface area (Å²) < 4.78 is 5.43. The lowest BCUT2D eigenvalue weighted by molar-refractivity contribution is 0.404. The van der Waals surface area contributed by atoms with Crippen LogP contribution in [0, 0.1) is 13.8 Å². The van der Waals surface area contributed by atoms with Crippen molar-refractivity contribution in [2.45, 2.75) is 33.1 Å². The molecule has 0 fully saturated rings. The Hall–Kier alpha value is -0.730. The van der Waals surface area contributed by atoms with Gasteiger partial charge in [0.15, 0.2) is 0 Å². The van der Waals surface area contributed by atoms with Crippen LogP contribution in [0.4, 0.5) is 0 Å². The molecule has 0 aliphatic carbocycles. The fourth-order valence-corrected chi connectivity index (χ4v) is 2.27. The second-order valence-corrected chi connectivity index (χ2v) is 4.60. The van der Waals surface area contributed by atoms with E-state index in [1.54, 1.807) is 7.11 Å². The van der Waals surface area contributed by atoms with E-state index in [4.69, 9.17) is 22.1 Å². The number of methoxy groups -OCH3 is 1. The van der Waals surface area contributed by atoms with Gasteiger partial charge in [-0.3, -0.25) is 0 Å². The minimum Gasteiger partial charge on any atom is -0.496 e. The predicted octanol–water partition coefficient (Wildman–Crippen LogP) is 3.42. The molecule has 0 saturated carbocycles. The van der Waals surface area contributed by atoms with Gasteiger partial charge in [-0.1, -0.05) is 18.5 Å². The largest absolute Gasteiger partial charge is 0.496 e. The summed E-state index contributed by atoms with van der Waals surface area (Å²) in [6.07, 6.45) is 0.941. The number of ether oxygens (including phenoxy) is 1. The molecule has 0 amide bonds. The van der Waals surface area contributed by atoms with Crippen LogP contribution < -0.4 is 10.5 Å². The van der Waals surface area contributed by atoms with Gasteiger partial charge in [0.1, 0.15) is 5.75 Å². The van der Waals surface area contributed by atoms with E-state index in [0.29, 0.717) is 12.5 Å². The lowest BCUT2D eigenvalue weighted by atomic mass is 9.91. The number of rotatable bonds is 4. The smallest absolute Gasteiger partial charge is 0.122 e. The SMILES string of the molecule is COc1cc(C)c(Cl)c(C)c1C(C)CCN. The fraction of sp³-hybridized carbons (Fsp3) is 0.538. The molecule has 0 aromatic heterocycles. The second kappa shape index (κ2) is 5.55. The summed E-state index contributed by atoms with van der Waals surface area (Å²) in [7, 11) is 1.70. The maximum Gasteiger partial charge on any atom is 0.122 e. The Balaban J connectivity index is 3.29. The molecule has 0 saturated heterocycles. The molecule has 1 rings (SSSR count). The Labute approximate surface area is 103 Å². The molecule has 1 aromatic rings. The molecular weight excluding hydrogens is 222 g/mol. The van der Waals surface area contributed by atoms with Crippen LogP contribution >= 0.6 is 11.6 Å². The van der Waals surface area contributed by atoms with Crippen LogP contribution in [0.3, 0.4) is 0 Å². The van der Waals surface area contributed by atoms with Crippen molar-refractivity contribution in [3.63, 3.8) is 0 Å². The van der Waals surface area contributed by atoms with Crippen molar-refractivity contribution in [2.24, 2.45) is 5.73 Å². The zero-order chi connectivity index (χ0) is 12.3. The maximum absolute atomic E-state index is 6.27. The fourth-order valence-electron chi connectivity index (χ4n) is 2.11. The van der Waals surface area contributed by atoms with Crippen molar-refractivity contribution in [2.75, 3.05) is 13.7 Å². The summed E-state index contributed by atoms with van der Waals surface area (Å²) in [4.78, 5) is 0. The summed E-state index contributed by atoms with van der Waals surface area (Å²) in [5.41, 5.74) is 8.95. The predicted molar refractivity (Wildman–Crippen MR) is 69.6 cm³/mol. The molecule has 0 spiro atoms. The molecule has 2 N–H and O–H groups in total. The highest BCUT2D eigenvalue weighted by atomic mass is 35.5. The minimum atomic E-state index is 0.373. The molecular formula is C13H20ClNO. The standard InChI is InChI=1S/C13H20ClNO/c1-8(5-6-15)12-10(3)13(14)9(2)7-11(12)16-4/h7-8H,5-6,15H2,1-4H3. The average molecular weight is 242 g/mol. The van der Waals surface area contributed by atoms with Gasteiger partial charge < -0.3 is 10.5 Å². The zero-order valence-electron chi connectivity index (χ0n) is 10.4. The van der Waals surface area contributed by atoms with Crippen LogP contribution in [0.5, 0.6) is 5.75 Å². The molecule has 2 nitrogen and oxygen atoms in total. The first-order valence-electron chi connectivity index (χ1n) is 5.56. The number of aryl methyl sites for hydroxylation is 1. The topological polar surface area (TPSA) is 35.2 Å². The number of benzene rings is 1. The molecule has 16 heavy (non-hydrogen) atoms. The third-order valence-corrected chi connectivity index (χ3v) is 3.59. The third-order valence-electron chi connectivity index (χ3n) is 3.00. The van der Waals surface area contributed by atoms with Gasteiger partial charge in [-0.25, -0.2) is 0 Å². The molecule has 1 unspecified atom stereocenters. The Bertz CT molecular complexity index is 377. The van der Waals surface area contributed by atoms with Crippen molar-refractivity contribution in [3.05, 3.63) is 27.8 Å². The van der Waals surface area contributed by atoms with Gasteiger partial charge in [-0.15, -0.1) is 0 Å². The summed E-state index contributed by atoms with van der Waals surface area (Å²) >= 11 is 6.27. The second-order valence-electron chi connectivity index (χ2n) is 4.23. The summed E-state index contributed by atoms with van der Waals surface area (Å²) in [5, 5.41) is 0.833. The first-order valence-corrected chi connectivity index (χ1v) is 5.94. The minimum absolute atomic E-state index is 0.373. The van der Waals surface area contributed by atoms with Gasteiger partial charge in [-0.2, -0.15) is 0 Å². The van der Waals surface area contributed by atoms with Crippen molar-refractivity contribution in [3.8, 4) is 5.75 Å². The molecule has 1 aromatic carbocycles. The summed E-state index contributed by atoms with van der Waals surface area (Å²) in [6.45, 7) is 6.87. The van der Waals surface area contributed by atoms with Gasteiger partial charge in [-0.05, 0) is 49.9 Å². The highest BCUT2D eigenvalue weighted by molar-refractivity contribution is 6.32. The number of hydrogen-bond acceptors (Lipinski definition) is 2. The molecule has 3 heteroatoms. The molecule has 0 radical (unpaired) electrons. The molecule has 90 valence electrons. The van der Waals surface area contributed by atoms with Crippen LogP contribution in [0.2, 0.25) is 5.02 Å². The van der Waals surface area contributed by atoms with Crippen LogP contribution in [0.15, 0.2) is 6.07 Å². The molecule has 0 aliphatic rings. The Kier molecular flexibility index (Phi) is 4.63. The number of halogens is 1. The molecule has 0 aliphatic heterocycles. The van der Waals surface area contributed by atoms with Crippen molar-refractivity contribution in [1.82, 2.24) is 0 Å². The van der Waals surface area contributed by atoms with Gasteiger partial charge in [0, 0.05) is 10.6 Å². The summed E-state index contributed by atoms with van der Waals surface area (Å²) in [5.74, 6) is 1.29. The van der Waals surface area contributed by atoms with Gasteiger partial charge in [0.05, 0.1) is 7.11 Å². The highest BCUT2D eigenvalue weighted by Gasteiger charge is 2.17. The Morgan fingerprint density at radius 2 is 2.06 bits per heavy atom. The van der Waals surface area contributed by atoms with E-state index < -0.39 is 0 Å². The van der Waals surface area contributed by atoms with Crippen molar-refractivity contribution >= 4 is 11.6 Å². The van der Waals surface area contributed by atoms with E-state index in [-0.39, 0.29) is 0 Å². The van der Waals surface area contributed by atoms with Gasteiger partial charge >= 0.3 is 0 Å².